The second-order valence-electron chi connectivity index (χ2n) is 4.92. The molecule has 1 rings (SSSR count). The van der Waals surface area contributed by atoms with E-state index in [1.54, 1.807) is 19.1 Å². The van der Waals surface area contributed by atoms with E-state index < -0.39 is 5.97 Å². The van der Waals surface area contributed by atoms with Crippen molar-refractivity contribution in [3.8, 4) is 0 Å². The van der Waals surface area contributed by atoms with E-state index in [-0.39, 0.29) is 11.6 Å². The van der Waals surface area contributed by atoms with Crippen molar-refractivity contribution in [3.63, 3.8) is 0 Å². The highest BCUT2D eigenvalue weighted by molar-refractivity contribution is 6.00. The number of carboxylic acids is 1. The van der Waals surface area contributed by atoms with Crippen LogP contribution in [0.5, 0.6) is 0 Å². The Bertz CT molecular complexity index is 470. The summed E-state index contributed by atoms with van der Waals surface area (Å²) in [6, 6.07) is 4.51. The van der Waals surface area contributed by atoms with Crippen LogP contribution in [0.2, 0.25) is 0 Å². The molecular formula is C14H20N2O3. The first-order valence-corrected chi connectivity index (χ1v) is 6.29. The van der Waals surface area contributed by atoms with Gasteiger partial charge in [0.25, 0.3) is 0 Å². The summed E-state index contributed by atoms with van der Waals surface area (Å²) in [4.78, 5) is 22.7. The maximum absolute atomic E-state index is 11.6. The van der Waals surface area contributed by atoms with Gasteiger partial charge in [0.05, 0.1) is 11.3 Å². The van der Waals surface area contributed by atoms with Gasteiger partial charge in [0, 0.05) is 6.54 Å². The number of urea groups is 1. The van der Waals surface area contributed by atoms with E-state index >= 15 is 0 Å². The van der Waals surface area contributed by atoms with Gasteiger partial charge in [-0.1, -0.05) is 25.5 Å². The van der Waals surface area contributed by atoms with Gasteiger partial charge in [-0.3, -0.25) is 0 Å². The highest BCUT2D eigenvalue weighted by Crippen LogP contribution is 2.17. The van der Waals surface area contributed by atoms with E-state index in [1.807, 2.05) is 0 Å². The third-order valence-electron chi connectivity index (χ3n) is 2.66. The standard InChI is InChI=1S/C14H20N2O3/c1-9(2)6-7-15-14(19)16-12-5-4-10(3)8-11(12)13(17)18/h4-5,8-9H,6-7H2,1-3H3,(H,17,18)(H2,15,16,19). The average molecular weight is 264 g/mol. The van der Waals surface area contributed by atoms with Gasteiger partial charge in [-0.05, 0) is 31.4 Å². The lowest BCUT2D eigenvalue weighted by Gasteiger charge is -2.11. The van der Waals surface area contributed by atoms with Crippen LogP contribution in [0, 0.1) is 12.8 Å². The van der Waals surface area contributed by atoms with Crippen LogP contribution in [-0.2, 0) is 0 Å². The van der Waals surface area contributed by atoms with Crippen LogP contribution in [0.4, 0.5) is 10.5 Å². The van der Waals surface area contributed by atoms with Crippen LogP contribution in [-0.4, -0.2) is 23.7 Å². The summed E-state index contributed by atoms with van der Waals surface area (Å²) in [5.41, 5.74) is 1.24. The number of nitrogens with one attached hydrogen (secondary N) is 2. The second kappa shape index (κ2) is 6.78. The Morgan fingerprint density at radius 2 is 2.00 bits per heavy atom. The fourth-order valence-corrected chi connectivity index (χ4v) is 1.58. The molecule has 0 bridgehead atoms. The van der Waals surface area contributed by atoms with Gasteiger partial charge < -0.3 is 15.7 Å². The number of anilines is 1. The summed E-state index contributed by atoms with van der Waals surface area (Å²) in [5.74, 6) is -0.546. The SMILES string of the molecule is Cc1ccc(NC(=O)NCCC(C)C)c(C(=O)O)c1. The molecule has 0 aliphatic heterocycles. The molecule has 2 amide bonds. The van der Waals surface area contributed by atoms with Crippen molar-refractivity contribution in [1.82, 2.24) is 5.32 Å². The molecule has 5 nitrogen and oxygen atoms in total. The highest BCUT2D eigenvalue weighted by Gasteiger charge is 2.12. The lowest BCUT2D eigenvalue weighted by Crippen LogP contribution is -2.30. The zero-order valence-corrected chi connectivity index (χ0v) is 11.5. The van der Waals surface area contributed by atoms with Gasteiger partial charge in [-0.15, -0.1) is 0 Å². The molecule has 0 unspecified atom stereocenters. The molecular weight excluding hydrogens is 244 g/mol. The number of hydrogen-bond donors (Lipinski definition) is 3. The number of carbonyl (C=O) groups is 2. The lowest BCUT2D eigenvalue weighted by molar-refractivity contribution is 0.0698. The second-order valence-corrected chi connectivity index (χ2v) is 4.92. The van der Waals surface area contributed by atoms with Crippen molar-refractivity contribution in [2.75, 3.05) is 11.9 Å². The summed E-state index contributed by atoms with van der Waals surface area (Å²) >= 11 is 0. The fourth-order valence-electron chi connectivity index (χ4n) is 1.58. The minimum absolute atomic E-state index is 0.0963. The molecule has 0 saturated carbocycles. The number of amides is 2. The number of hydrogen-bond acceptors (Lipinski definition) is 2. The number of aromatic carboxylic acids is 1. The van der Waals surface area contributed by atoms with Crippen molar-refractivity contribution in [2.24, 2.45) is 5.92 Å². The predicted molar refractivity (Wildman–Crippen MR) is 74.6 cm³/mol. The first-order valence-electron chi connectivity index (χ1n) is 6.29. The number of carboxylic acid groups (broad SMARTS) is 1. The third-order valence-corrected chi connectivity index (χ3v) is 2.66. The van der Waals surface area contributed by atoms with Crippen molar-refractivity contribution >= 4 is 17.7 Å². The molecule has 1 aromatic carbocycles. The van der Waals surface area contributed by atoms with Gasteiger partial charge in [0.1, 0.15) is 0 Å². The van der Waals surface area contributed by atoms with Crippen LogP contribution in [0.1, 0.15) is 36.2 Å². The smallest absolute Gasteiger partial charge is 0.337 e. The zero-order valence-electron chi connectivity index (χ0n) is 11.5. The van der Waals surface area contributed by atoms with Crippen molar-refractivity contribution < 1.29 is 14.7 Å². The molecule has 104 valence electrons. The number of benzene rings is 1. The summed E-state index contributed by atoms with van der Waals surface area (Å²) in [6.07, 6.45) is 0.882. The Morgan fingerprint density at radius 3 is 2.58 bits per heavy atom. The van der Waals surface area contributed by atoms with E-state index in [9.17, 15) is 9.59 Å². The molecule has 1 aromatic rings. The van der Waals surface area contributed by atoms with E-state index in [0.29, 0.717) is 18.2 Å². The molecule has 0 radical (unpaired) electrons. The Hall–Kier alpha value is -2.04. The number of aryl methyl sites for hydroxylation is 1. The summed E-state index contributed by atoms with van der Waals surface area (Å²) in [6.45, 7) is 6.51. The Morgan fingerprint density at radius 1 is 1.32 bits per heavy atom. The van der Waals surface area contributed by atoms with Gasteiger partial charge in [0.2, 0.25) is 0 Å². The Labute approximate surface area is 113 Å². The van der Waals surface area contributed by atoms with E-state index in [4.69, 9.17) is 5.11 Å². The first kappa shape index (κ1) is 15.0. The summed E-state index contributed by atoms with van der Waals surface area (Å²) in [7, 11) is 0. The summed E-state index contributed by atoms with van der Waals surface area (Å²) < 4.78 is 0. The molecule has 0 fully saturated rings. The minimum Gasteiger partial charge on any atom is -0.478 e. The van der Waals surface area contributed by atoms with Crippen LogP contribution in [0.3, 0.4) is 0 Å². The molecule has 19 heavy (non-hydrogen) atoms. The normalized spacial score (nSPS) is 10.3. The van der Waals surface area contributed by atoms with Crippen molar-refractivity contribution in [1.29, 1.82) is 0 Å². The number of carbonyl (C=O) groups excluding carboxylic acids is 1. The molecule has 5 heteroatoms. The van der Waals surface area contributed by atoms with Crippen LogP contribution in [0.15, 0.2) is 18.2 Å². The van der Waals surface area contributed by atoms with Crippen LogP contribution in [0.25, 0.3) is 0 Å². The third kappa shape index (κ3) is 4.99. The van der Waals surface area contributed by atoms with Gasteiger partial charge in [-0.25, -0.2) is 9.59 Å². The molecule has 0 spiro atoms. The molecule has 0 atom stereocenters. The highest BCUT2D eigenvalue weighted by atomic mass is 16.4. The monoisotopic (exact) mass is 264 g/mol. The lowest BCUT2D eigenvalue weighted by atomic mass is 10.1. The first-order chi connectivity index (χ1) is 8.90. The quantitative estimate of drug-likeness (QED) is 0.765. The van der Waals surface area contributed by atoms with Crippen LogP contribution < -0.4 is 10.6 Å². The van der Waals surface area contributed by atoms with Crippen LogP contribution >= 0.6 is 0 Å². The Balaban J connectivity index is 2.66. The van der Waals surface area contributed by atoms with Crippen molar-refractivity contribution in [3.05, 3.63) is 29.3 Å². The molecule has 0 heterocycles. The maximum atomic E-state index is 11.6. The molecule has 0 aliphatic carbocycles. The molecule has 3 N–H and O–H groups in total. The fraction of sp³-hybridized carbons (Fsp3) is 0.429. The van der Waals surface area contributed by atoms with Crippen molar-refractivity contribution in [2.45, 2.75) is 27.2 Å². The zero-order chi connectivity index (χ0) is 14.4. The Kier molecular flexibility index (Phi) is 5.36. The van der Waals surface area contributed by atoms with E-state index in [0.717, 1.165) is 12.0 Å². The predicted octanol–water partition coefficient (Wildman–Crippen LogP) is 2.86. The van der Waals surface area contributed by atoms with E-state index in [1.165, 1.54) is 6.07 Å². The molecule has 0 saturated heterocycles. The topological polar surface area (TPSA) is 78.4 Å². The summed E-state index contributed by atoms with van der Waals surface area (Å²) in [5, 5.41) is 14.3. The van der Waals surface area contributed by atoms with Gasteiger partial charge >= 0.3 is 12.0 Å². The van der Waals surface area contributed by atoms with Gasteiger partial charge in [-0.2, -0.15) is 0 Å². The average Bonchev–Trinajstić information content (AvgIpc) is 2.30. The van der Waals surface area contributed by atoms with Gasteiger partial charge in [0.15, 0.2) is 0 Å². The number of rotatable bonds is 5. The maximum Gasteiger partial charge on any atom is 0.337 e. The van der Waals surface area contributed by atoms with E-state index in [2.05, 4.69) is 24.5 Å². The molecule has 0 aromatic heterocycles. The molecule has 0 aliphatic rings. The minimum atomic E-state index is -1.05. The largest absolute Gasteiger partial charge is 0.478 e.